The third-order valence-electron chi connectivity index (χ3n) is 2.47. The number of hydrogen-bond acceptors (Lipinski definition) is 2. The Labute approximate surface area is 128 Å². The number of amides is 1. The van der Waals surface area contributed by atoms with E-state index in [2.05, 4.69) is 21.2 Å². The fourth-order valence-corrected chi connectivity index (χ4v) is 2.22. The molecule has 0 unspecified atom stereocenters. The lowest BCUT2D eigenvalue weighted by Crippen LogP contribution is -2.14. The zero-order chi connectivity index (χ0) is 14.0. The summed E-state index contributed by atoms with van der Waals surface area (Å²) in [5.74, 6) is -0.361. The molecule has 2 rings (SSSR count). The fraction of sp³-hybridized carbons (Fsp3) is 0. The monoisotopic (exact) mass is 358 g/mol. The highest BCUT2D eigenvalue weighted by molar-refractivity contribution is 9.10. The fourth-order valence-electron chi connectivity index (χ4n) is 1.52. The number of para-hydroxylation sites is 1. The van der Waals surface area contributed by atoms with Crippen LogP contribution in [-0.4, -0.2) is 5.91 Å². The van der Waals surface area contributed by atoms with Gasteiger partial charge >= 0.3 is 0 Å². The van der Waals surface area contributed by atoms with Crippen LogP contribution < -0.4 is 11.1 Å². The van der Waals surface area contributed by atoms with Gasteiger partial charge in [0.1, 0.15) is 0 Å². The second kappa shape index (κ2) is 5.82. The Morgan fingerprint density at radius 1 is 1.16 bits per heavy atom. The van der Waals surface area contributed by atoms with Crippen LogP contribution >= 0.6 is 39.1 Å². The van der Waals surface area contributed by atoms with Gasteiger partial charge in [-0.1, -0.05) is 45.2 Å². The Hall–Kier alpha value is -1.23. The number of benzene rings is 2. The van der Waals surface area contributed by atoms with E-state index < -0.39 is 0 Å². The Balaban J connectivity index is 2.31. The van der Waals surface area contributed by atoms with Gasteiger partial charge in [-0.25, -0.2) is 0 Å². The van der Waals surface area contributed by atoms with Gasteiger partial charge in [-0.2, -0.15) is 0 Å². The molecule has 0 aromatic heterocycles. The molecule has 0 bridgehead atoms. The Kier molecular flexibility index (Phi) is 4.34. The normalized spacial score (nSPS) is 10.3. The predicted molar refractivity (Wildman–Crippen MR) is 83.0 cm³/mol. The Morgan fingerprint density at radius 2 is 1.89 bits per heavy atom. The minimum atomic E-state index is -0.361. The number of halogens is 3. The molecule has 0 saturated carbocycles. The van der Waals surface area contributed by atoms with Gasteiger partial charge < -0.3 is 11.1 Å². The molecule has 98 valence electrons. The maximum absolute atomic E-state index is 12.1. The van der Waals surface area contributed by atoms with Gasteiger partial charge in [-0.05, 0) is 30.3 Å². The lowest BCUT2D eigenvalue weighted by molar-refractivity contribution is 0.102. The highest BCUT2D eigenvalue weighted by atomic mass is 79.9. The molecule has 6 heteroatoms. The second-order valence-electron chi connectivity index (χ2n) is 3.78. The molecule has 0 fully saturated rings. The molecule has 0 saturated heterocycles. The molecule has 19 heavy (non-hydrogen) atoms. The molecule has 0 spiro atoms. The largest absolute Gasteiger partial charge is 0.397 e. The summed E-state index contributed by atoms with van der Waals surface area (Å²) < 4.78 is 0.811. The molecule has 3 N–H and O–H groups in total. The van der Waals surface area contributed by atoms with E-state index in [0.717, 1.165) is 4.47 Å². The average molecular weight is 360 g/mol. The summed E-state index contributed by atoms with van der Waals surface area (Å²) in [5, 5.41) is 3.48. The number of nitrogen functional groups attached to an aromatic ring is 1. The number of nitrogens with one attached hydrogen (secondary N) is 1. The first-order valence-corrected chi connectivity index (χ1v) is 6.84. The van der Waals surface area contributed by atoms with Crippen molar-refractivity contribution in [2.75, 3.05) is 11.1 Å². The number of hydrogen-bond donors (Lipinski definition) is 2. The predicted octanol–water partition coefficient (Wildman–Crippen LogP) is 4.59. The summed E-state index contributed by atoms with van der Waals surface area (Å²) in [5.41, 5.74) is 6.82. The number of carbonyl (C=O) groups excluding carboxylic acids is 1. The van der Waals surface area contributed by atoms with E-state index in [1.54, 1.807) is 36.4 Å². The van der Waals surface area contributed by atoms with Crippen molar-refractivity contribution in [3.05, 3.63) is 56.5 Å². The van der Waals surface area contributed by atoms with E-state index in [9.17, 15) is 4.79 Å². The number of nitrogens with two attached hydrogens (primary N) is 1. The maximum atomic E-state index is 12.1. The molecule has 0 aliphatic rings. The van der Waals surface area contributed by atoms with Crippen molar-refractivity contribution in [3.8, 4) is 0 Å². The third kappa shape index (κ3) is 3.21. The molecule has 0 atom stereocenters. The van der Waals surface area contributed by atoms with Crippen LogP contribution in [0.15, 0.2) is 40.9 Å². The third-order valence-corrected chi connectivity index (χ3v) is 3.63. The van der Waals surface area contributed by atoms with E-state index in [-0.39, 0.29) is 11.6 Å². The van der Waals surface area contributed by atoms with Gasteiger partial charge in [-0.3, -0.25) is 4.79 Å². The van der Waals surface area contributed by atoms with Gasteiger partial charge in [0.05, 0.1) is 27.0 Å². The van der Waals surface area contributed by atoms with Crippen LogP contribution in [0.1, 0.15) is 10.4 Å². The summed E-state index contributed by atoms with van der Waals surface area (Å²) in [4.78, 5) is 12.1. The van der Waals surface area contributed by atoms with E-state index in [1.807, 2.05) is 0 Å². The quantitative estimate of drug-likeness (QED) is 0.770. The van der Waals surface area contributed by atoms with Crippen molar-refractivity contribution in [2.45, 2.75) is 0 Å². The van der Waals surface area contributed by atoms with Crippen LogP contribution in [0.3, 0.4) is 0 Å². The molecule has 0 radical (unpaired) electrons. The topological polar surface area (TPSA) is 55.1 Å². The molecule has 1 amide bonds. The van der Waals surface area contributed by atoms with Gasteiger partial charge in [0, 0.05) is 4.47 Å². The summed E-state index contributed by atoms with van der Waals surface area (Å²) in [6, 6.07) is 10.1. The van der Waals surface area contributed by atoms with Crippen LogP contribution in [0.2, 0.25) is 10.0 Å². The smallest absolute Gasteiger partial charge is 0.257 e. The van der Waals surface area contributed by atoms with E-state index in [1.165, 1.54) is 0 Å². The van der Waals surface area contributed by atoms with Gasteiger partial charge in [-0.15, -0.1) is 0 Å². The summed E-state index contributed by atoms with van der Waals surface area (Å²) in [6.45, 7) is 0. The molecule has 0 aliphatic carbocycles. The van der Waals surface area contributed by atoms with Crippen LogP contribution in [0, 0.1) is 0 Å². The van der Waals surface area contributed by atoms with Gasteiger partial charge in [0.2, 0.25) is 0 Å². The van der Waals surface area contributed by atoms with Crippen molar-refractivity contribution in [3.63, 3.8) is 0 Å². The minimum absolute atomic E-state index is 0.243. The average Bonchev–Trinajstić information content (AvgIpc) is 2.37. The van der Waals surface area contributed by atoms with E-state index in [0.29, 0.717) is 21.3 Å². The molecule has 3 nitrogen and oxygen atoms in total. The SMILES string of the molecule is Nc1c(Cl)cccc1C(=O)Nc1cc(Br)ccc1Cl. The van der Waals surface area contributed by atoms with Crippen molar-refractivity contribution in [1.29, 1.82) is 0 Å². The maximum Gasteiger partial charge on any atom is 0.257 e. The van der Waals surface area contributed by atoms with Crippen molar-refractivity contribution in [1.82, 2.24) is 0 Å². The minimum Gasteiger partial charge on any atom is -0.397 e. The number of rotatable bonds is 2. The second-order valence-corrected chi connectivity index (χ2v) is 5.51. The van der Waals surface area contributed by atoms with E-state index >= 15 is 0 Å². The zero-order valence-electron chi connectivity index (χ0n) is 9.58. The molecule has 2 aromatic rings. The van der Waals surface area contributed by atoms with Crippen LogP contribution in [-0.2, 0) is 0 Å². The first-order valence-electron chi connectivity index (χ1n) is 5.29. The lowest BCUT2D eigenvalue weighted by atomic mass is 10.1. The number of anilines is 2. The van der Waals surface area contributed by atoms with Crippen molar-refractivity contribution in [2.24, 2.45) is 0 Å². The zero-order valence-corrected chi connectivity index (χ0v) is 12.7. The Bertz CT molecular complexity index is 647. The molecule has 2 aromatic carbocycles. The summed E-state index contributed by atoms with van der Waals surface area (Å²) in [7, 11) is 0. The standard InChI is InChI=1S/C13H9BrCl2N2O/c14-7-4-5-9(15)11(6-7)18-13(19)8-2-1-3-10(16)12(8)17/h1-6H,17H2,(H,18,19). The molecule has 0 heterocycles. The van der Waals surface area contributed by atoms with Gasteiger partial charge in [0.15, 0.2) is 0 Å². The van der Waals surface area contributed by atoms with Crippen LogP contribution in [0.5, 0.6) is 0 Å². The summed E-state index contributed by atoms with van der Waals surface area (Å²) >= 11 is 15.2. The lowest BCUT2D eigenvalue weighted by Gasteiger charge is -2.10. The Morgan fingerprint density at radius 3 is 2.63 bits per heavy atom. The molecule has 0 aliphatic heterocycles. The first kappa shape index (κ1) is 14.2. The van der Waals surface area contributed by atoms with Crippen molar-refractivity contribution < 1.29 is 4.79 Å². The van der Waals surface area contributed by atoms with Crippen molar-refractivity contribution >= 4 is 56.4 Å². The first-order chi connectivity index (χ1) is 8.99. The number of carbonyl (C=O) groups is 1. The molecular weight excluding hydrogens is 351 g/mol. The highest BCUT2D eigenvalue weighted by Crippen LogP contribution is 2.28. The van der Waals surface area contributed by atoms with E-state index in [4.69, 9.17) is 28.9 Å². The highest BCUT2D eigenvalue weighted by Gasteiger charge is 2.13. The van der Waals surface area contributed by atoms with Crippen LogP contribution in [0.4, 0.5) is 11.4 Å². The molecular formula is C13H9BrCl2N2O. The van der Waals surface area contributed by atoms with Gasteiger partial charge in [0.25, 0.3) is 5.91 Å². The summed E-state index contributed by atoms with van der Waals surface area (Å²) in [6.07, 6.45) is 0. The van der Waals surface area contributed by atoms with Crippen LogP contribution in [0.25, 0.3) is 0 Å².